The van der Waals surface area contributed by atoms with Gasteiger partial charge in [-0.25, -0.2) is 14.1 Å². The van der Waals surface area contributed by atoms with Crippen molar-refractivity contribution in [2.24, 2.45) is 0 Å². The van der Waals surface area contributed by atoms with Crippen molar-refractivity contribution in [1.82, 2.24) is 19.3 Å². The fraction of sp³-hybridized carbons (Fsp3) is 0.100. The highest BCUT2D eigenvalue weighted by Gasteiger charge is 2.12. The lowest BCUT2D eigenvalue weighted by molar-refractivity contribution is -0.116. The number of nitrogens with one attached hydrogen (secondary N) is 1. The summed E-state index contributed by atoms with van der Waals surface area (Å²) in [5.41, 5.74) is 1.34. The van der Waals surface area contributed by atoms with Gasteiger partial charge in [0.05, 0.1) is 23.2 Å². The molecule has 2 heterocycles. The van der Waals surface area contributed by atoms with Crippen LogP contribution < -0.4 is 10.9 Å². The van der Waals surface area contributed by atoms with Crippen LogP contribution in [-0.2, 0) is 11.3 Å². The largest absolute Gasteiger partial charge is 0.326 e. The smallest absolute Gasteiger partial charge is 0.264 e. The van der Waals surface area contributed by atoms with Gasteiger partial charge in [0.1, 0.15) is 11.2 Å². The Hall–Kier alpha value is -3.52. The van der Waals surface area contributed by atoms with Crippen LogP contribution in [0.5, 0.6) is 0 Å². The molecule has 0 fully saturated rings. The standard InChI is InChI=1S/C20H15ClFN5O2/c21-16-10-13(6-7-17(16)22)25-18(28)8-9-26-12-23-19-15(20(26)29)11-24-27(19)14-4-2-1-3-5-14/h1-7,10-12H,8-9H2,(H,25,28). The number of amides is 1. The number of nitrogens with zero attached hydrogens (tertiary/aromatic N) is 4. The van der Waals surface area contributed by atoms with Crippen LogP contribution in [0.25, 0.3) is 16.7 Å². The molecule has 7 nitrogen and oxygen atoms in total. The van der Waals surface area contributed by atoms with Crippen molar-refractivity contribution in [2.75, 3.05) is 5.32 Å². The number of anilines is 1. The third-order valence-electron chi connectivity index (χ3n) is 4.34. The molecule has 0 radical (unpaired) electrons. The van der Waals surface area contributed by atoms with Crippen molar-refractivity contribution >= 4 is 34.2 Å². The molecule has 0 spiro atoms. The van der Waals surface area contributed by atoms with Crippen LogP contribution >= 0.6 is 11.6 Å². The predicted octanol–water partition coefficient (Wildman–Crippen LogP) is 3.40. The summed E-state index contributed by atoms with van der Waals surface area (Å²) in [6.07, 6.45) is 2.90. The van der Waals surface area contributed by atoms with Crippen LogP contribution in [0.15, 0.2) is 65.8 Å². The van der Waals surface area contributed by atoms with Crippen LogP contribution in [0.2, 0.25) is 5.02 Å². The van der Waals surface area contributed by atoms with Gasteiger partial charge in [0, 0.05) is 18.7 Å². The van der Waals surface area contributed by atoms with E-state index in [0.717, 1.165) is 5.69 Å². The molecule has 0 aliphatic rings. The van der Waals surface area contributed by atoms with Crippen molar-refractivity contribution in [1.29, 1.82) is 0 Å². The first-order valence-corrected chi connectivity index (χ1v) is 9.14. The van der Waals surface area contributed by atoms with Crippen molar-refractivity contribution in [3.63, 3.8) is 0 Å². The highest BCUT2D eigenvalue weighted by Crippen LogP contribution is 2.19. The molecule has 0 unspecified atom stereocenters. The molecular formula is C20H15ClFN5O2. The van der Waals surface area contributed by atoms with E-state index in [4.69, 9.17) is 11.6 Å². The maximum atomic E-state index is 13.2. The van der Waals surface area contributed by atoms with E-state index in [2.05, 4.69) is 15.4 Å². The van der Waals surface area contributed by atoms with E-state index in [1.54, 1.807) is 4.68 Å². The Bertz CT molecular complexity index is 1250. The molecule has 4 aromatic rings. The summed E-state index contributed by atoms with van der Waals surface area (Å²) < 4.78 is 16.1. The molecular weight excluding hydrogens is 397 g/mol. The number of benzene rings is 2. The van der Waals surface area contributed by atoms with Crippen LogP contribution in [0.1, 0.15) is 6.42 Å². The molecule has 0 atom stereocenters. The summed E-state index contributed by atoms with van der Waals surface area (Å²) in [5, 5.41) is 7.16. The molecule has 2 aromatic heterocycles. The minimum Gasteiger partial charge on any atom is -0.326 e. The molecule has 0 saturated carbocycles. The van der Waals surface area contributed by atoms with Crippen molar-refractivity contribution in [2.45, 2.75) is 13.0 Å². The predicted molar refractivity (Wildman–Crippen MR) is 108 cm³/mol. The van der Waals surface area contributed by atoms with E-state index in [9.17, 15) is 14.0 Å². The number of halogens is 2. The number of aromatic nitrogens is 4. The van der Waals surface area contributed by atoms with Gasteiger partial charge in [-0.15, -0.1) is 0 Å². The van der Waals surface area contributed by atoms with Gasteiger partial charge >= 0.3 is 0 Å². The van der Waals surface area contributed by atoms with Crippen LogP contribution in [0.3, 0.4) is 0 Å². The van der Waals surface area contributed by atoms with Gasteiger partial charge in [0.15, 0.2) is 5.65 Å². The third-order valence-corrected chi connectivity index (χ3v) is 4.63. The van der Waals surface area contributed by atoms with Crippen LogP contribution in [-0.4, -0.2) is 25.2 Å². The third kappa shape index (κ3) is 3.88. The van der Waals surface area contributed by atoms with Crippen LogP contribution in [0, 0.1) is 5.82 Å². The zero-order valence-corrected chi connectivity index (χ0v) is 15.8. The topological polar surface area (TPSA) is 81.8 Å². The van der Waals surface area contributed by atoms with Gasteiger partial charge in [-0.05, 0) is 30.3 Å². The SMILES string of the molecule is O=C(CCn1cnc2c(cnn2-c2ccccc2)c1=O)Nc1ccc(F)c(Cl)c1. The molecule has 1 N–H and O–H groups in total. The number of hydrogen-bond donors (Lipinski definition) is 1. The summed E-state index contributed by atoms with van der Waals surface area (Å²) in [5.74, 6) is -0.897. The normalized spacial score (nSPS) is 11.0. The highest BCUT2D eigenvalue weighted by atomic mass is 35.5. The zero-order chi connectivity index (χ0) is 20.4. The van der Waals surface area contributed by atoms with E-state index in [-0.39, 0.29) is 29.5 Å². The summed E-state index contributed by atoms with van der Waals surface area (Å²) in [6.45, 7) is 0.138. The number of hydrogen-bond acceptors (Lipinski definition) is 4. The fourth-order valence-electron chi connectivity index (χ4n) is 2.89. The Kier molecular flexibility index (Phi) is 5.09. The molecule has 146 valence electrons. The average Bonchev–Trinajstić information content (AvgIpc) is 3.16. The van der Waals surface area contributed by atoms with Crippen LogP contribution in [0.4, 0.5) is 10.1 Å². The second-order valence-corrected chi connectivity index (χ2v) is 6.71. The molecule has 0 aliphatic heterocycles. The van der Waals surface area contributed by atoms with E-state index >= 15 is 0 Å². The lowest BCUT2D eigenvalue weighted by Crippen LogP contribution is -2.23. The number of rotatable bonds is 5. The Morgan fingerprint density at radius 3 is 2.72 bits per heavy atom. The molecule has 2 aromatic carbocycles. The minimum absolute atomic E-state index is 0.0366. The second-order valence-electron chi connectivity index (χ2n) is 6.30. The molecule has 4 rings (SSSR count). The summed E-state index contributed by atoms with van der Waals surface area (Å²) in [6, 6.07) is 13.3. The number of carbonyl (C=O) groups is 1. The average molecular weight is 412 g/mol. The molecule has 0 aliphatic carbocycles. The Morgan fingerprint density at radius 1 is 1.17 bits per heavy atom. The first-order chi connectivity index (χ1) is 14.0. The number of carbonyl (C=O) groups excluding carboxylic acids is 1. The van der Waals surface area contributed by atoms with E-state index in [1.165, 1.54) is 35.3 Å². The van der Waals surface area contributed by atoms with Gasteiger partial charge in [-0.2, -0.15) is 5.10 Å². The van der Waals surface area contributed by atoms with Gasteiger partial charge in [-0.3, -0.25) is 14.2 Å². The molecule has 0 bridgehead atoms. The number of fused-ring (bicyclic) bond motifs is 1. The molecule has 0 saturated heterocycles. The van der Waals surface area contributed by atoms with Gasteiger partial charge in [-0.1, -0.05) is 29.8 Å². The van der Waals surface area contributed by atoms with E-state index in [1.807, 2.05) is 30.3 Å². The van der Waals surface area contributed by atoms with Crippen molar-refractivity contribution in [3.05, 3.63) is 82.2 Å². The highest BCUT2D eigenvalue weighted by molar-refractivity contribution is 6.31. The van der Waals surface area contributed by atoms with Crippen molar-refractivity contribution < 1.29 is 9.18 Å². The van der Waals surface area contributed by atoms with E-state index < -0.39 is 5.82 Å². The quantitative estimate of drug-likeness (QED) is 0.545. The van der Waals surface area contributed by atoms with Gasteiger partial charge in [0.25, 0.3) is 5.56 Å². The second kappa shape index (κ2) is 7.84. The number of aryl methyl sites for hydroxylation is 1. The number of para-hydroxylation sites is 1. The lowest BCUT2D eigenvalue weighted by Gasteiger charge is -2.08. The Balaban J connectivity index is 1.50. The van der Waals surface area contributed by atoms with Gasteiger partial charge in [0.2, 0.25) is 5.91 Å². The monoisotopic (exact) mass is 411 g/mol. The van der Waals surface area contributed by atoms with Crippen molar-refractivity contribution in [3.8, 4) is 5.69 Å². The first-order valence-electron chi connectivity index (χ1n) is 8.76. The molecule has 29 heavy (non-hydrogen) atoms. The summed E-state index contributed by atoms with van der Waals surface area (Å²) in [4.78, 5) is 29.2. The maximum Gasteiger partial charge on any atom is 0.264 e. The summed E-state index contributed by atoms with van der Waals surface area (Å²) >= 11 is 5.70. The first kappa shape index (κ1) is 18.8. The lowest BCUT2D eigenvalue weighted by atomic mass is 10.3. The summed E-state index contributed by atoms with van der Waals surface area (Å²) in [7, 11) is 0. The molecule has 1 amide bonds. The Labute approximate surface area is 169 Å². The molecule has 9 heteroatoms. The Morgan fingerprint density at radius 2 is 1.97 bits per heavy atom. The zero-order valence-electron chi connectivity index (χ0n) is 15.0. The fourth-order valence-corrected chi connectivity index (χ4v) is 3.07. The maximum absolute atomic E-state index is 13.2. The van der Waals surface area contributed by atoms with Gasteiger partial charge < -0.3 is 5.32 Å². The van der Waals surface area contributed by atoms with E-state index in [0.29, 0.717) is 16.7 Å². The minimum atomic E-state index is -0.563.